The van der Waals surface area contributed by atoms with Gasteiger partial charge in [0.15, 0.2) is 0 Å². The Morgan fingerprint density at radius 3 is 2.67 bits per heavy atom. The maximum absolute atomic E-state index is 11.7. The number of nitrogens with zero attached hydrogens (tertiary/aromatic N) is 1. The molecule has 1 unspecified atom stereocenters. The van der Waals surface area contributed by atoms with Gasteiger partial charge in [-0.1, -0.05) is 30.3 Å². The van der Waals surface area contributed by atoms with Gasteiger partial charge in [-0.3, -0.25) is 4.79 Å². The average Bonchev–Trinajstić information content (AvgIpc) is 2.45. The van der Waals surface area contributed by atoms with Crippen molar-refractivity contribution in [3.8, 4) is 0 Å². The van der Waals surface area contributed by atoms with E-state index < -0.39 is 12.1 Å². The number of amides is 2. The van der Waals surface area contributed by atoms with Gasteiger partial charge in [-0.25, -0.2) is 9.69 Å². The van der Waals surface area contributed by atoms with Crippen molar-refractivity contribution in [2.75, 3.05) is 6.54 Å². The number of nitrogens with one attached hydrogen (secondary N) is 2. The van der Waals surface area contributed by atoms with Crippen LogP contribution in [-0.4, -0.2) is 34.6 Å². The van der Waals surface area contributed by atoms with Gasteiger partial charge in [-0.2, -0.15) is 0 Å². The van der Waals surface area contributed by atoms with Crippen molar-refractivity contribution in [1.82, 2.24) is 15.5 Å². The number of benzene rings is 1. The highest BCUT2D eigenvalue weighted by Gasteiger charge is 2.34. The Balaban J connectivity index is 2.07. The van der Waals surface area contributed by atoms with Gasteiger partial charge in [0.25, 0.3) is 0 Å². The van der Waals surface area contributed by atoms with Crippen LogP contribution in [0.25, 0.3) is 0 Å². The van der Waals surface area contributed by atoms with Crippen LogP contribution in [0.4, 0.5) is 4.79 Å². The number of carbonyl (C=O) groups is 2. The van der Waals surface area contributed by atoms with E-state index in [1.807, 2.05) is 30.3 Å². The van der Waals surface area contributed by atoms with Crippen molar-refractivity contribution in [3.05, 3.63) is 47.4 Å². The van der Waals surface area contributed by atoms with Crippen molar-refractivity contribution in [2.45, 2.75) is 26.3 Å². The summed E-state index contributed by atoms with van der Waals surface area (Å²) in [5.74, 6) is 0.119. The predicted molar refractivity (Wildman–Crippen MR) is 78.3 cm³/mol. The van der Waals surface area contributed by atoms with E-state index in [1.165, 1.54) is 0 Å². The number of carboxylic acid groups (broad SMARTS) is 1. The highest BCUT2D eigenvalue weighted by molar-refractivity contribution is 5.88. The van der Waals surface area contributed by atoms with Crippen molar-refractivity contribution < 1.29 is 14.7 Å². The molecule has 6 nitrogen and oxygen atoms in total. The fourth-order valence-corrected chi connectivity index (χ4v) is 2.29. The molecule has 112 valence electrons. The Morgan fingerprint density at radius 2 is 2.05 bits per heavy atom. The highest BCUT2D eigenvalue weighted by atomic mass is 16.4. The van der Waals surface area contributed by atoms with Crippen LogP contribution in [-0.2, 0) is 11.2 Å². The molecule has 0 aliphatic carbocycles. The summed E-state index contributed by atoms with van der Waals surface area (Å²) in [6.07, 6.45) is -0.369. The van der Waals surface area contributed by atoms with Crippen LogP contribution >= 0.6 is 0 Å². The monoisotopic (exact) mass is 289 g/mol. The average molecular weight is 289 g/mol. The van der Waals surface area contributed by atoms with Crippen molar-refractivity contribution in [3.63, 3.8) is 0 Å². The number of carbonyl (C=O) groups excluding carboxylic acids is 1. The molecule has 0 aromatic heterocycles. The first kappa shape index (κ1) is 14.9. The molecule has 1 aliphatic heterocycles. The zero-order valence-corrected chi connectivity index (χ0v) is 12.1. The summed E-state index contributed by atoms with van der Waals surface area (Å²) >= 11 is 0. The predicted octanol–water partition coefficient (Wildman–Crippen LogP) is 1.51. The summed E-state index contributed by atoms with van der Waals surface area (Å²) in [6.45, 7) is 3.84. The molecule has 0 saturated carbocycles. The molecule has 0 bridgehead atoms. The maximum atomic E-state index is 11.7. The molecule has 1 heterocycles. The summed E-state index contributed by atoms with van der Waals surface area (Å²) in [7, 11) is 0. The SMILES string of the molecule is CC1=C(NCCc2ccccc2)N(C(=O)O)C(C)C(=O)N1. The summed E-state index contributed by atoms with van der Waals surface area (Å²) in [5.41, 5.74) is 1.69. The molecule has 3 N–H and O–H groups in total. The van der Waals surface area contributed by atoms with E-state index in [0.29, 0.717) is 18.1 Å². The van der Waals surface area contributed by atoms with Crippen LogP contribution in [0.3, 0.4) is 0 Å². The Labute approximate surface area is 123 Å². The molecular weight excluding hydrogens is 270 g/mol. The van der Waals surface area contributed by atoms with Crippen LogP contribution < -0.4 is 10.6 Å². The van der Waals surface area contributed by atoms with Gasteiger partial charge in [-0.15, -0.1) is 0 Å². The zero-order chi connectivity index (χ0) is 15.4. The normalized spacial score (nSPS) is 18.5. The molecule has 6 heteroatoms. The van der Waals surface area contributed by atoms with E-state index >= 15 is 0 Å². The molecule has 2 rings (SSSR count). The van der Waals surface area contributed by atoms with E-state index in [2.05, 4.69) is 10.6 Å². The lowest BCUT2D eigenvalue weighted by molar-refractivity contribution is -0.125. The van der Waals surface area contributed by atoms with E-state index in [0.717, 1.165) is 16.9 Å². The van der Waals surface area contributed by atoms with Gasteiger partial charge in [0.1, 0.15) is 11.9 Å². The summed E-state index contributed by atoms with van der Waals surface area (Å²) in [4.78, 5) is 24.1. The van der Waals surface area contributed by atoms with Crippen LogP contribution in [0.1, 0.15) is 19.4 Å². The lowest BCUT2D eigenvalue weighted by atomic mass is 10.1. The summed E-state index contributed by atoms with van der Waals surface area (Å²) in [5, 5.41) is 15.1. The first-order valence-electron chi connectivity index (χ1n) is 6.82. The Hall–Kier alpha value is -2.50. The van der Waals surface area contributed by atoms with E-state index in [4.69, 9.17) is 0 Å². The molecule has 1 aliphatic rings. The van der Waals surface area contributed by atoms with Gasteiger partial charge in [0.05, 0.1) is 5.70 Å². The first-order chi connectivity index (χ1) is 10.0. The van der Waals surface area contributed by atoms with E-state index in [9.17, 15) is 14.7 Å². The molecule has 1 aromatic rings. The van der Waals surface area contributed by atoms with E-state index in [1.54, 1.807) is 13.8 Å². The van der Waals surface area contributed by atoms with Crippen LogP contribution in [0.2, 0.25) is 0 Å². The van der Waals surface area contributed by atoms with E-state index in [-0.39, 0.29) is 5.91 Å². The second-order valence-corrected chi connectivity index (χ2v) is 4.95. The second-order valence-electron chi connectivity index (χ2n) is 4.95. The third kappa shape index (κ3) is 3.34. The molecule has 2 amide bonds. The topological polar surface area (TPSA) is 81.7 Å². The van der Waals surface area contributed by atoms with Crippen molar-refractivity contribution in [1.29, 1.82) is 0 Å². The van der Waals surface area contributed by atoms with Gasteiger partial charge < -0.3 is 15.7 Å². The molecule has 1 atom stereocenters. The number of allylic oxidation sites excluding steroid dienone is 1. The fraction of sp³-hybridized carbons (Fsp3) is 0.333. The Morgan fingerprint density at radius 1 is 1.38 bits per heavy atom. The van der Waals surface area contributed by atoms with Crippen LogP contribution in [0, 0.1) is 0 Å². The lowest BCUT2D eigenvalue weighted by Crippen LogP contribution is -2.54. The zero-order valence-electron chi connectivity index (χ0n) is 12.1. The minimum Gasteiger partial charge on any atom is -0.465 e. The Kier molecular flexibility index (Phi) is 4.47. The van der Waals surface area contributed by atoms with Gasteiger partial charge >= 0.3 is 6.09 Å². The second kappa shape index (κ2) is 6.30. The third-order valence-corrected chi connectivity index (χ3v) is 3.43. The molecule has 0 fully saturated rings. The first-order valence-corrected chi connectivity index (χ1v) is 6.82. The largest absolute Gasteiger partial charge is 0.465 e. The minimum atomic E-state index is -1.14. The fourth-order valence-electron chi connectivity index (χ4n) is 2.29. The lowest BCUT2D eigenvalue weighted by Gasteiger charge is -2.34. The summed E-state index contributed by atoms with van der Waals surface area (Å²) in [6, 6.07) is 9.17. The highest BCUT2D eigenvalue weighted by Crippen LogP contribution is 2.16. The standard InChI is InChI=1S/C15H19N3O3/c1-10-13(16-9-8-12-6-4-3-5-7-12)18(15(20)21)11(2)14(19)17-10/h3-7,11,16H,8-9H2,1-2H3,(H,17,19)(H,20,21). The molecular formula is C15H19N3O3. The molecule has 0 spiro atoms. The van der Waals surface area contributed by atoms with Crippen molar-refractivity contribution in [2.24, 2.45) is 0 Å². The molecule has 0 saturated heterocycles. The van der Waals surface area contributed by atoms with Gasteiger partial charge in [0, 0.05) is 6.54 Å². The number of rotatable bonds is 4. The molecule has 21 heavy (non-hydrogen) atoms. The quantitative estimate of drug-likeness (QED) is 0.784. The maximum Gasteiger partial charge on any atom is 0.413 e. The minimum absolute atomic E-state index is 0.316. The Bertz CT molecular complexity index is 569. The van der Waals surface area contributed by atoms with Crippen LogP contribution in [0.15, 0.2) is 41.8 Å². The smallest absolute Gasteiger partial charge is 0.413 e. The van der Waals surface area contributed by atoms with Crippen molar-refractivity contribution >= 4 is 12.0 Å². The third-order valence-electron chi connectivity index (χ3n) is 3.43. The van der Waals surface area contributed by atoms with Crippen LogP contribution in [0.5, 0.6) is 0 Å². The number of hydrogen-bond donors (Lipinski definition) is 3. The molecule has 0 radical (unpaired) electrons. The van der Waals surface area contributed by atoms with Gasteiger partial charge in [-0.05, 0) is 25.8 Å². The van der Waals surface area contributed by atoms with Gasteiger partial charge in [0.2, 0.25) is 5.91 Å². The number of hydrogen-bond acceptors (Lipinski definition) is 3. The summed E-state index contributed by atoms with van der Waals surface area (Å²) < 4.78 is 0. The molecule has 1 aromatic carbocycles.